The van der Waals surface area contributed by atoms with Gasteiger partial charge in [0.2, 0.25) is 15.9 Å². The maximum absolute atomic E-state index is 13.5. The molecule has 3 heterocycles. The fraction of sp³-hybridized carbons (Fsp3) is 0.333. The Bertz CT molecular complexity index is 1230. The summed E-state index contributed by atoms with van der Waals surface area (Å²) in [7, 11) is -3.90. The molecule has 33 heavy (non-hydrogen) atoms. The van der Waals surface area contributed by atoms with Gasteiger partial charge in [0, 0.05) is 18.8 Å². The molecule has 1 amide bonds. The van der Waals surface area contributed by atoms with Gasteiger partial charge in [0.25, 0.3) is 0 Å². The van der Waals surface area contributed by atoms with Crippen LogP contribution in [0.25, 0.3) is 12.2 Å². The predicted molar refractivity (Wildman–Crippen MR) is 125 cm³/mol. The lowest BCUT2D eigenvalue weighted by molar-refractivity contribution is -0.120. The van der Waals surface area contributed by atoms with Crippen molar-refractivity contribution >= 4 is 33.8 Å². The number of hydrogen-bond donors (Lipinski definition) is 1. The first-order valence-corrected chi connectivity index (χ1v) is 12.4. The summed E-state index contributed by atoms with van der Waals surface area (Å²) in [5, 5.41) is 6.78. The van der Waals surface area contributed by atoms with Crippen LogP contribution < -0.4 is 5.32 Å². The van der Waals surface area contributed by atoms with Gasteiger partial charge in [-0.05, 0) is 68.2 Å². The van der Waals surface area contributed by atoms with E-state index in [0.717, 1.165) is 6.42 Å². The highest BCUT2D eigenvalue weighted by Crippen LogP contribution is 2.29. The molecule has 0 aliphatic carbocycles. The van der Waals surface area contributed by atoms with Crippen molar-refractivity contribution in [2.75, 3.05) is 18.4 Å². The van der Waals surface area contributed by atoms with E-state index in [2.05, 4.69) is 17.4 Å². The Balaban J connectivity index is 1.50. The van der Waals surface area contributed by atoms with Crippen molar-refractivity contribution in [3.05, 3.63) is 65.4 Å². The van der Waals surface area contributed by atoms with Crippen LogP contribution in [-0.2, 0) is 21.2 Å². The highest BCUT2D eigenvalue weighted by molar-refractivity contribution is 7.89. The number of anilines is 1. The van der Waals surface area contributed by atoms with Crippen LogP contribution in [0.1, 0.15) is 42.5 Å². The second-order valence-corrected chi connectivity index (χ2v) is 9.93. The lowest BCUT2D eigenvalue weighted by atomic mass is 9.98. The van der Waals surface area contributed by atoms with Gasteiger partial charge in [-0.1, -0.05) is 24.2 Å². The average molecular weight is 470 g/mol. The lowest BCUT2D eigenvalue weighted by Gasteiger charge is -2.31. The number of furan rings is 1. The number of piperidine rings is 1. The molecule has 9 heteroatoms. The smallest absolute Gasteiger partial charge is 0.248 e. The number of sulfonamides is 1. The number of nitrogens with zero attached hydrogens (tertiary/aromatic N) is 2. The van der Waals surface area contributed by atoms with E-state index >= 15 is 0 Å². The number of aromatic nitrogens is 1. The summed E-state index contributed by atoms with van der Waals surface area (Å²) < 4.78 is 38.9. The molecule has 0 saturated carbocycles. The maximum atomic E-state index is 13.5. The van der Waals surface area contributed by atoms with Crippen molar-refractivity contribution in [1.82, 2.24) is 9.46 Å². The van der Waals surface area contributed by atoms with Crippen molar-refractivity contribution in [1.29, 1.82) is 0 Å². The summed E-state index contributed by atoms with van der Waals surface area (Å²) in [5.41, 5.74) is 2.16. The van der Waals surface area contributed by atoms with Crippen molar-refractivity contribution in [2.24, 2.45) is 5.92 Å². The first-order valence-electron chi connectivity index (χ1n) is 11.0. The molecule has 174 valence electrons. The van der Waals surface area contributed by atoms with E-state index in [-0.39, 0.29) is 28.8 Å². The molecule has 0 bridgehead atoms. The Morgan fingerprint density at radius 1 is 1.24 bits per heavy atom. The summed E-state index contributed by atoms with van der Waals surface area (Å²) in [4.78, 5) is 12.9. The normalized spacial score (nSPS) is 17.5. The number of nitrogens with one attached hydrogen (secondary N) is 1. The number of rotatable bonds is 7. The second kappa shape index (κ2) is 9.76. The molecule has 1 aromatic carbocycles. The third kappa shape index (κ3) is 5.09. The summed E-state index contributed by atoms with van der Waals surface area (Å²) >= 11 is 0. The Labute approximate surface area is 193 Å². The molecule has 1 atom stereocenters. The molecule has 1 fully saturated rings. The van der Waals surface area contributed by atoms with Crippen LogP contribution in [0, 0.1) is 12.8 Å². The number of amides is 1. The third-order valence-electron chi connectivity index (χ3n) is 5.76. The first-order chi connectivity index (χ1) is 15.9. The minimum absolute atomic E-state index is 0.0153. The van der Waals surface area contributed by atoms with E-state index < -0.39 is 15.9 Å². The fourth-order valence-electron chi connectivity index (χ4n) is 3.91. The number of benzene rings is 1. The predicted octanol–water partition coefficient (Wildman–Crippen LogP) is 4.35. The van der Waals surface area contributed by atoms with Crippen LogP contribution in [-0.4, -0.2) is 36.9 Å². The maximum Gasteiger partial charge on any atom is 0.248 e. The zero-order chi connectivity index (χ0) is 23.4. The molecule has 3 aromatic rings. The van der Waals surface area contributed by atoms with E-state index in [1.54, 1.807) is 25.1 Å². The van der Waals surface area contributed by atoms with Crippen molar-refractivity contribution < 1.29 is 22.2 Å². The zero-order valence-corrected chi connectivity index (χ0v) is 19.5. The number of hydrogen-bond acceptors (Lipinski definition) is 6. The Hall–Kier alpha value is -3.17. The standard InChI is InChI=1S/C24H27N3O5S/c1-3-18-8-10-20(11-9-18)25-24(28)19-6-4-14-27(16-19)33(29,30)23-17(2)26-32-22(23)13-12-21-7-5-15-31-21/h5,7-13,15,19H,3-4,6,14,16H2,1-2H3,(H,25,28). The largest absolute Gasteiger partial charge is 0.465 e. The second-order valence-electron chi connectivity index (χ2n) is 8.05. The molecule has 1 aliphatic rings. The highest BCUT2D eigenvalue weighted by Gasteiger charge is 2.37. The highest BCUT2D eigenvalue weighted by atomic mass is 32.2. The molecule has 1 N–H and O–H groups in total. The van der Waals surface area contributed by atoms with Gasteiger partial charge in [-0.15, -0.1) is 0 Å². The molecule has 1 unspecified atom stereocenters. The van der Waals surface area contributed by atoms with Crippen LogP contribution in [0.5, 0.6) is 0 Å². The molecular formula is C24H27N3O5S. The molecular weight excluding hydrogens is 442 g/mol. The minimum Gasteiger partial charge on any atom is -0.465 e. The van der Waals surface area contributed by atoms with Gasteiger partial charge in [0.05, 0.1) is 12.2 Å². The monoisotopic (exact) mass is 469 g/mol. The van der Waals surface area contributed by atoms with Crippen molar-refractivity contribution in [3.63, 3.8) is 0 Å². The van der Waals surface area contributed by atoms with Gasteiger partial charge in [-0.2, -0.15) is 4.31 Å². The number of aryl methyl sites for hydroxylation is 2. The van der Waals surface area contributed by atoms with Crippen LogP contribution >= 0.6 is 0 Å². The molecule has 1 aliphatic heterocycles. The average Bonchev–Trinajstić information content (AvgIpc) is 3.48. The Morgan fingerprint density at radius 3 is 2.73 bits per heavy atom. The van der Waals surface area contributed by atoms with Gasteiger partial charge in [-0.25, -0.2) is 8.42 Å². The number of carbonyl (C=O) groups excluding carboxylic acids is 1. The van der Waals surface area contributed by atoms with Gasteiger partial charge >= 0.3 is 0 Å². The molecule has 4 rings (SSSR count). The summed E-state index contributed by atoms with van der Waals surface area (Å²) in [6.07, 6.45) is 6.81. The molecule has 8 nitrogen and oxygen atoms in total. The van der Waals surface area contributed by atoms with Crippen molar-refractivity contribution in [2.45, 2.75) is 38.0 Å². The van der Waals surface area contributed by atoms with Crippen LogP contribution in [0.2, 0.25) is 0 Å². The van der Waals surface area contributed by atoms with Gasteiger partial charge < -0.3 is 14.3 Å². The molecule has 0 spiro atoms. The number of carbonyl (C=O) groups is 1. The lowest BCUT2D eigenvalue weighted by Crippen LogP contribution is -2.43. The van der Waals surface area contributed by atoms with E-state index in [9.17, 15) is 13.2 Å². The van der Waals surface area contributed by atoms with E-state index in [1.165, 1.54) is 22.2 Å². The van der Waals surface area contributed by atoms with Gasteiger partial charge in [0.15, 0.2) is 10.7 Å². The SMILES string of the molecule is CCc1ccc(NC(=O)C2CCCN(S(=O)(=O)c3c(C)noc3C=Cc3ccco3)C2)cc1. The van der Waals surface area contributed by atoms with Crippen LogP contribution in [0.3, 0.4) is 0 Å². The topological polar surface area (TPSA) is 106 Å². The van der Waals surface area contributed by atoms with E-state index in [4.69, 9.17) is 8.94 Å². The summed E-state index contributed by atoms with van der Waals surface area (Å²) in [6, 6.07) is 11.2. The summed E-state index contributed by atoms with van der Waals surface area (Å²) in [6.45, 7) is 4.10. The first kappa shape index (κ1) is 23.0. The molecule has 2 aromatic heterocycles. The quantitative estimate of drug-likeness (QED) is 0.552. The summed E-state index contributed by atoms with van der Waals surface area (Å²) in [5.74, 6) is 0.0707. The van der Waals surface area contributed by atoms with E-state index in [1.807, 2.05) is 24.3 Å². The minimum atomic E-state index is -3.90. The van der Waals surface area contributed by atoms with E-state index in [0.29, 0.717) is 30.8 Å². The molecule has 1 saturated heterocycles. The third-order valence-corrected chi connectivity index (χ3v) is 7.78. The molecule has 0 radical (unpaired) electrons. The van der Waals surface area contributed by atoms with Crippen LogP contribution in [0.4, 0.5) is 5.69 Å². The van der Waals surface area contributed by atoms with Crippen LogP contribution in [0.15, 0.2) is 56.5 Å². The van der Waals surface area contributed by atoms with Gasteiger partial charge in [-0.3, -0.25) is 4.79 Å². The van der Waals surface area contributed by atoms with Gasteiger partial charge in [0.1, 0.15) is 11.5 Å². The zero-order valence-electron chi connectivity index (χ0n) is 18.7. The van der Waals surface area contributed by atoms with Crippen molar-refractivity contribution in [3.8, 4) is 0 Å². The Morgan fingerprint density at radius 2 is 2.03 bits per heavy atom. The fourth-order valence-corrected chi connectivity index (χ4v) is 5.69. The Kier molecular flexibility index (Phi) is 6.80.